The summed E-state index contributed by atoms with van der Waals surface area (Å²) in [4.78, 5) is 13.2. The van der Waals surface area contributed by atoms with Crippen LogP contribution in [0.1, 0.15) is 5.89 Å². The highest BCUT2D eigenvalue weighted by Crippen LogP contribution is 2.29. The summed E-state index contributed by atoms with van der Waals surface area (Å²) >= 11 is 0. The van der Waals surface area contributed by atoms with E-state index in [0.29, 0.717) is 0 Å². The van der Waals surface area contributed by atoms with Crippen LogP contribution in [-0.2, 0) is 6.18 Å². The van der Waals surface area contributed by atoms with Gasteiger partial charge < -0.3 is 9.40 Å². The lowest BCUT2D eigenvalue weighted by molar-refractivity contribution is -0.156. The molecule has 0 unspecified atom stereocenters. The minimum absolute atomic E-state index is 0.131. The second kappa shape index (κ2) is 3.47. The maximum Gasteiger partial charge on any atom is 0.470 e. The Bertz CT molecular complexity index is 558. The lowest BCUT2D eigenvalue weighted by Crippen LogP contribution is -2.04. The standard InChI is InChI=1S/C8H4F3N3O2/c9-8(10,11)7-14-13-6(16-7)4-1-2-12-5(15)3-4/h1-3H,(H,12,15). The van der Waals surface area contributed by atoms with Crippen molar-refractivity contribution in [1.82, 2.24) is 15.2 Å². The van der Waals surface area contributed by atoms with Crippen molar-refractivity contribution < 1.29 is 17.6 Å². The van der Waals surface area contributed by atoms with Gasteiger partial charge in [-0.05, 0) is 6.07 Å². The molecule has 84 valence electrons. The largest absolute Gasteiger partial charge is 0.470 e. The van der Waals surface area contributed by atoms with E-state index in [1.165, 1.54) is 12.3 Å². The number of H-pyrrole nitrogens is 1. The zero-order chi connectivity index (χ0) is 11.8. The van der Waals surface area contributed by atoms with Crippen molar-refractivity contribution >= 4 is 0 Å². The second-order valence-electron chi connectivity index (χ2n) is 2.85. The molecule has 0 saturated carbocycles. The summed E-state index contributed by atoms with van der Waals surface area (Å²) in [5.41, 5.74) is -0.337. The predicted octanol–water partition coefficient (Wildman–Crippen LogP) is 1.44. The molecule has 2 aromatic rings. The van der Waals surface area contributed by atoms with E-state index in [1.807, 2.05) is 0 Å². The van der Waals surface area contributed by atoms with Crippen molar-refractivity contribution in [3.05, 3.63) is 34.6 Å². The van der Waals surface area contributed by atoms with E-state index in [1.54, 1.807) is 0 Å². The molecule has 0 aliphatic rings. The van der Waals surface area contributed by atoms with Gasteiger partial charge in [0.15, 0.2) is 0 Å². The summed E-state index contributed by atoms with van der Waals surface area (Å²) in [5.74, 6) is -1.79. The first kappa shape index (κ1) is 10.4. The molecule has 0 bridgehead atoms. The van der Waals surface area contributed by atoms with Gasteiger partial charge in [-0.25, -0.2) is 0 Å². The van der Waals surface area contributed by atoms with E-state index < -0.39 is 17.6 Å². The van der Waals surface area contributed by atoms with Crippen LogP contribution in [0, 0.1) is 0 Å². The van der Waals surface area contributed by atoms with Crippen LogP contribution in [0.25, 0.3) is 11.5 Å². The van der Waals surface area contributed by atoms with Crippen LogP contribution in [0.2, 0.25) is 0 Å². The van der Waals surface area contributed by atoms with Crippen molar-refractivity contribution in [2.45, 2.75) is 6.18 Å². The number of hydrogen-bond donors (Lipinski definition) is 1. The van der Waals surface area contributed by atoms with Crippen LogP contribution in [0.5, 0.6) is 0 Å². The van der Waals surface area contributed by atoms with Gasteiger partial charge in [-0.2, -0.15) is 13.2 Å². The first-order valence-corrected chi connectivity index (χ1v) is 4.06. The Morgan fingerprint density at radius 2 is 2.06 bits per heavy atom. The van der Waals surface area contributed by atoms with Gasteiger partial charge in [0.25, 0.3) is 0 Å². The van der Waals surface area contributed by atoms with E-state index >= 15 is 0 Å². The minimum Gasteiger partial charge on any atom is -0.413 e. The molecule has 0 spiro atoms. The van der Waals surface area contributed by atoms with E-state index in [-0.39, 0.29) is 11.5 Å². The van der Waals surface area contributed by atoms with E-state index in [9.17, 15) is 18.0 Å². The summed E-state index contributed by atoms with van der Waals surface area (Å²) < 4.78 is 40.8. The Balaban J connectivity index is 2.43. The fourth-order valence-electron chi connectivity index (χ4n) is 1.03. The van der Waals surface area contributed by atoms with Crippen molar-refractivity contribution in [1.29, 1.82) is 0 Å². The van der Waals surface area contributed by atoms with Crippen molar-refractivity contribution in [2.24, 2.45) is 0 Å². The quantitative estimate of drug-likeness (QED) is 0.806. The van der Waals surface area contributed by atoms with Crippen molar-refractivity contribution in [2.75, 3.05) is 0 Å². The fourth-order valence-corrected chi connectivity index (χ4v) is 1.03. The fraction of sp³-hybridized carbons (Fsp3) is 0.125. The average molecular weight is 231 g/mol. The zero-order valence-corrected chi connectivity index (χ0v) is 7.58. The average Bonchev–Trinajstić information content (AvgIpc) is 2.65. The normalized spacial score (nSPS) is 11.7. The van der Waals surface area contributed by atoms with Crippen LogP contribution in [0.15, 0.2) is 27.5 Å². The summed E-state index contributed by atoms with van der Waals surface area (Å²) in [7, 11) is 0. The number of aromatic amines is 1. The molecule has 2 rings (SSSR count). The highest BCUT2D eigenvalue weighted by atomic mass is 19.4. The summed E-state index contributed by atoms with van der Waals surface area (Å²) in [6.07, 6.45) is -3.42. The SMILES string of the molecule is O=c1cc(-c2nnc(C(F)(F)F)o2)cc[nH]1. The van der Waals surface area contributed by atoms with E-state index in [4.69, 9.17) is 0 Å². The number of hydrogen-bond acceptors (Lipinski definition) is 4. The molecule has 0 saturated heterocycles. The maximum atomic E-state index is 12.1. The molecular weight excluding hydrogens is 227 g/mol. The van der Waals surface area contributed by atoms with Crippen molar-refractivity contribution in [3.63, 3.8) is 0 Å². The van der Waals surface area contributed by atoms with Crippen LogP contribution >= 0.6 is 0 Å². The number of rotatable bonds is 1. The lowest BCUT2D eigenvalue weighted by Gasteiger charge is -1.97. The van der Waals surface area contributed by atoms with Crippen LogP contribution in [-0.4, -0.2) is 15.2 Å². The number of nitrogens with zero attached hydrogens (tertiary/aromatic N) is 2. The number of nitrogens with one attached hydrogen (secondary N) is 1. The second-order valence-corrected chi connectivity index (χ2v) is 2.85. The number of halogens is 3. The molecule has 0 atom stereocenters. The zero-order valence-electron chi connectivity index (χ0n) is 7.58. The number of pyridine rings is 1. The molecule has 16 heavy (non-hydrogen) atoms. The van der Waals surface area contributed by atoms with Crippen molar-refractivity contribution in [3.8, 4) is 11.5 Å². The molecule has 2 heterocycles. The van der Waals surface area contributed by atoms with Gasteiger partial charge in [-0.1, -0.05) is 0 Å². The molecule has 8 heteroatoms. The lowest BCUT2D eigenvalue weighted by atomic mass is 10.3. The Morgan fingerprint density at radius 1 is 1.31 bits per heavy atom. The van der Waals surface area contributed by atoms with Gasteiger partial charge in [0.1, 0.15) is 0 Å². The van der Waals surface area contributed by atoms with Gasteiger partial charge in [0.05, 0.1) is 0 Å². The topological polar surface area (TPSA) is 71.8 Å². The molecular formula is C8H4F3N3O2. The summed E-state index contributed by atoms with van der Waals surface area (Å²) in [6, 6.07) is 2.42. The van der Waals surface area contributed by atoms with E-state index in [0.717, 1.165) is 6.07 Å². The molecule has 0 aromatic carbocycles. The Labute approximate surface area is 85.9 Å². The number of alkyl halides is 3. The molecule has 0 fully saturated rings. The molecule has 1 N–H and O–H groups in total. The third kappa shape index (κ3) is 1.95. The minimum atomic E-state index is -4.69. The monoisotopic (exact) mass is 231 g/mol. The molecule has 5 nitrogen and oxygen atoms in total. The summed E-state index contributed by atoms with van der Waals surface area (Å²) in [6.45, 7) is 0. The highest BCUT2D eigenvalue weighted by Gasteiger charge is 2.38. The Kier molecular flexibility index (Phi) is 2.26. The molecule has 0 amide bonds. The third-order valence-corrected chi connectivity index (χ3v) is 1.69. The van der Waals surface area contributed by atoms with Crippen LogP contribution in [0.4, 0.5) is 13.2 Å². The van der Waals surface area contributed by atoms with E-state index in [2.05, 4.69) is 19.6 Å². The maximum absolute atomic E-state index is 12.1. The molecule has 0 aliphatic carbocycles. The first-order valence-electron chi connectivity index (χ1n) is 4.06. The molecule has 0 radical (unpaired) electrons. The predicted molar refractivity (Wildman–Crippen MR) is 45.4 cm³/mol. The van der Waals surface area contributed by atoms with Gasteiger partial charge in [0.2, 0.25) is 11.4 Å². The first-order chi connectivity index (χ1) is 7.47. The Hall–Kier alpha value is -2.12. The smallest absolute Gasteiger partial charge is 0.413 e. The summed E-state index contributed by atoms with van der Waals surface area (Å²) in [5, 5.41) is 6.04. The molecule has 2 aromatic heterocycles. The highest BCUT2D eigenvalue weighted by molar-refractivity contribution is 5.50. The van der Waals surface area contributed by atoms with Crippen LogP contribution < -0.4 is 5.56 Å². The molecule has 0 aliphatic heterocycles. The number of aromatic nitrogens is 3. The Morgan fingerprint density at radius 3 is 2.62 bits per heavy atom. The third-order valence-electron chi connectivity index (χ3n) is 1.69. The van der Waals surface area contributed by atoms with Gasteiger partial charge in [0, 0.05) is 17.8 Å². The van der Waals surface area contributed by atoms with Gasteiger partial charge in [-0.3, -0.25) is 4.79 Å². The van der Waals surface area contributed by atoms with Crippen LogP contribution in [0.3, 0.4) is 0 Å². The van der Waals surface area contributed by atoms with Gasteiger partial charge >= 0.3 is 12.1 Å². The van der Waals surface area contributed by atoms with Gasteiger partial charge in [-0.15, -0.1) is 10.2 Å².